The van der Waals surface area contributed by atoms with E-state index in [-0.39, 0.29) is 0 Å². The highest BCUT2D eigenvalue weighted by atomic mass is 32.2. The van der Waals surface area contributed by atoms with Gasteiger partial charge in [-0.2, -0.15) is 0 Å². The molecule has 4 heteroatoms. The summed E-state index contributed by atoms with van der Waals surface area (Å²) >= 11 is 1.64. The Morgan fingerprint density at radius 2 is 1.82 bits per heavy atom. The summed E-state index contributed by atoms with van der Waals surface area (Å²) in [5.74, 6) is -0.396. The second kappa shape index (κ2) is 3.82. The van der Waals surface area contributed by atoms with Crippen molar-refractivity contribution in [1.82, 2.24) is 0 Å². The van der Waals surface area contributed by atoms with Gasteiger partial charge in [0.1, 0.15) is 0 Å². The molecule has 0 aromatic heterocycles. The topological polar surface area (TPSA) is 55.1 Å². The first-order chi connectivity index (χ1) is 8.24. The van der Waals surface area contributed by atoms with Crippen LogP contribution in [0.1, 0.15) is 10.4 Å². The van der Waals surface area contributed by atoms with Gasteiger partial charge in [-0.3, -0.25) is 4.79 Å². The molecule has 0 atom stereocenters. The molecule has 84 valence electrons. The van der Waals surface area contributed by atoms with Crippen molar-refractivity contribution in [1.29, 1.82) is 0 Å². The summed E-state index contributed by atoms with van der Waals surface area (Å²) in [5.41, 5.74) is 7.92. The van der Waals surface area contributed by atoms with E-state index in [0.717, 1.165) is 21.2 Å². The summed E-state index contributed by atoms with van der Waals surface area (Å²) in [7, 11) is 0. The molecule has 0 unspecified atom stereocenters. The van der Waals surface area contributed by atoms with Crippen molar-refractivity contribution in [3.05, 3.63) is 48.0 Å². The van der Waals surface area contributed by atoms with Gasteiger partial charge in [0.2, 0.25) is 5.91 Å². The number of nitrogens with one attached hydrogen (secondary N) is 1. The molecule has 0 spiro atoms. The van der Waals surface area contributed by atoms with E-state index in [9.17, 15) is 4.79 Å². The molecular formula is C13H10N2OS. The zero-order valence-corrected chi connectivity index (χ0v) is 9.75. The highest BCUT2D eigenvalue weighted by Crippen LogP contribution is 2.44. The van der Waals surface area contributed by atoms with E-state index in [1.165, 1.54) is 0 Å². The number of nitrogens with two attached hydrogens (primary N) is 1. The van der Waals surface area contributed by atoms with Crippen LogP contribution in [0.3, 0.4) is 0 Å². The number of carbonyl (C=O) groups excluding carboxylic acids is 1. The zero-order valence-electron chi connectivity index (χ0n) is 8.94. The summed E-state index contributed by atoms with van der Waals surface area (Å²) in [6.45, 7) is 0. The minimum Gasteiger partial charge on any atom is -0.366 e. The smallest absolute Gasteiger partial charge is 0.248 e. The lowest BCUT2D eigenvalue weighted by molar-refractivity contribution is 0.1000. The Labute approximate surface area is 103 Å². The molecule has 0 radical (unpaired) electrons. The van der Waals surface area contributed by atoms with E-state index < -0.39 is 5.91 Å². The van der Waals surface area contributed by atoms with E-state index in [1.807, 2.05) is 36.4 Å². The van der Waals surface area contributed by atoms with Crippen molar-refractivity contribution < 1.29 is 4.79 Å². The van der Waals surface area contributed by atoms with E-state index >= 15 is 0 Å². The molecule has 3 N–H and O–H groups in total. The first-order valence-electron chi connectivity index (χ1n) is 5.22. The Kier molecular flexibility index (Phi) is 2.30. The number of carbonyl (C=O) groups is 1. The zero-order chi connectivity index (χ0) is 11.8. The first kappa shape index (κ1) is 10.2. The van der Waals surface area contributed by atoms with Crippen LogP contribution in [0.15, 0.2) is 52.3 Å². The van der Waals surface area contributed by atoms with Gasteiger partial charge in [0.15, 0.2) is 0 Å². The van der Waals surface area contributed by atoms with Crippen LogP contribution in [-0.2, 0) is 0 Å². The van der Waals surface area contributed by atoms with Gasteiger partial charge >= 0.3 is 0 Å². The third-order valence-corrected chi connectivity index (χ3v) is 3.78. The van der Waals surface area contributed by atoms with Crippen molar-refractivity contribution >= 4 is 29.0 Å². The lowest BCUT2D eigenvalue weighted by Gasteiger charge is -2.20. The minimum atomic E-state index is -0.396. The highest BCUT2D eigenvalue weighted by Gasteiger charge is 2.16. The van der Waals surface area contributed by atoms with Crippen molar-refractivity contribution in [3.8, 4) is 0 Å². The molecule has 2 aromatic rings. The monoisotopic (exact) mass is 242 g/mol. The molecule has 0 bridgehead atoms. The number of hydrogen-bond acceptors (Lipinski definition) is 3. The molecule has 0 saturated heterocycles. The minimum absolute atomic E-state index is 0.396. The Bertz CT molecular complexity index is 610. The number of primary amides is 1. The normalized spacial score (nSPS) is 12.2. The van der Waals surface area contributed by atoms with Gasteiger partial charge in [0.05, 0.1) is 11.4 Å². The van der Waals surface area contributed by atoms with Crippen LogP contribution < -0.4 is 11.1 Å². The number of amides is 1. The molecular weight excluding hydrogens is 232 g/mol. The van der Waals surface area contributed by atoms with Crippen LogP contribution >= 0.6 is 11.8 Å². The summed E-state index contributed by atoms with van der Waals surface area (Å²) in [6.07, 6.45) is 0. The van der Waals surface area contributed by atoms with Gasteiger partial charge < -0.3 is 11.1 Å². The lowest BCUT2D eigenvalue weighted by atomic mass is 10.2. The summed E-state index contributed by atoms with van der Waals surface area (Å²) in [4.78, 5) is 13.3. The fraction of sp³-hybridized carbons (Fsp3) is 0. The fourth-order valence-corrected chi connectivity index (χ4v) is 2.81. The molecule has 1 amide bonds. The molecule has 1 aliphatic rings. The molecule has 0 aliphatic carbocycles. The van der Waals surface area contributed by atoms with Crippen molar-refractivity contribution in [3.63, 3.8) is 0 Å². The molecule has 3 rings (SSSR count). The van der Waals surface area contributed by atoms with Gasteiger partial charge in [-0.15, -0.1) is 0 Å². The average Bonchev–Trinajstić information content (AvgIpc) is 2.35. The van der Waals surface area contributed by atoms with E-state index in [4.69, 9.17) is 5.73 Å². The van der Waals surface area contributed by atoms with Gasteiger partial charge in [-0.25, -0.2) is 0 Å². The Morgan fingerprint density at radius 1 is 1.06 bits per heavy atom. The Balaban J connectivity index is 2.06. The van der Waals surface area contributed by atoms with Crippen LogP contribution in [0, 0.1) is 0 Å². The quantitative estimate of drug-likeness (QED) is 0.689. The van der Waals surface area contributed by atoms with Gasteiger partial charge in [0, 0.05) is 15.4 Å². The second-order valence-corrected chi connectivity index (χ2v) is 4.88. The summed E-state index contributed by atoms with van der Waals surface area (Å²) < 4.78 is 0. The van der Waals surface area contributed by atoms with Crippen LogP contribution in [0.5, 0.6) is 0 Å². The number of benzene rings is 2. The molecule has 0 fully saturated rings. The number of para-hydroxylation sites is 1. The molecule has 1 aliphatic heterocycles. The van der Waals surface area contributed by atoms with Crippen molar-refractivity contribution in [2.45, 2.75) is 9.79 Å². The summed E-state index contributed by atoms with van der Waals surface area (Å²) in [5, 5.41) is 3.33. The third-order valence-electron chi connectivity index (χ3n) is 2.64. The SMILES string of the molecule is NC(=O)c1ccc2c(c1)Sc1ccccc1N2. The van der Waals surface area contributed by atoms with Crippen LogP contribution in [0.25, 0.3) is 0 Å². The average molecular weight is 242 g/mol. The first-order valence-corrected chi connectivity index (χ1v) is 6.03. The largest absolute Gasteiger partial charge is 0.366 e. The molecule has 17 heavy (non-hydrogen) atoms. The fourth-order valence-electron chi connectivity index (χ4n) is 1.79. The Hall–Kier alpha value is -1.94. The van der Waals surface area contributed by atoms with Crippen LogP contribution in [0.2, 0.25) is 0 Å². The molecule has 1 heterocycles. The van der Waals surface area contributed by atoms with E-state index in [0.29, 0.717) is 5.56 Å². The lowest BCUT2D eigenvalue weighted by Crippen LogP contribution is -2.11. The van der Waals surface area contributed by atoms with Gasteiger partial charge in [-0.1, -0.05) is 23.9 Å². The standard InChI is InChI=1S/C13H10N2OS/c14-13(16)8-5-6-10-12(7-8)17-11-4-2-1-3-9(11)15-10/h1-7,15H,(H2,14,16). The van der Waals surface area contributed by atoms with Crippen molar-refractivity contribution in [2.24, 2.45) is 5.73 Å². The number of anilines is 2. The third kappa shape index (κ3) is 1.76. The van der Waals surface area contributed by atoms with Crippen LogP contribution in [-0.4, -0.2) is 5.91 Å². The maximum atomic E-state index is 11.1. The van der Waals surface area contributed by atoms with Crippen molar-refractivity contribution in [2.75, 3.05) is 5.32 Å². The number of hydrogen-bond donors (Lipinski definition) is 2. The van der Waals surface area contributed by atoms with Crippen LogP contribution in [0.4, 0.5) is 11.4 Å². The van der Waals surface area contributed by atoms with E-state index in [2.05, 4.69) is 5.32 Å². The highest BCUT2D eigenvalue weighted by molar-refractivity contribution is 7.99. The summed E-state index contributed by atoms with van der Waals surface area (Å²) in [6, 6.07) is 13.5. The molecule has 2 aromatic carbocycles. The van der Waals surface area contributed by atoms with E-state index in [1.54, 1.807) is 17.8 Å². The maximum absolute atomic E-state index is 11.1. The van der Waals surface area contributed by atoms with Gasteiger partial charge in [0.25, 0.3) is 0 Å². The van der Waals surface area contributed by atoms with Gasteiger partial charge in [-0.05, 0) is 30.3 Å². The second-order valence-electron chi connectivity index (χ2n) is 3.80. The predicted octanol–water partition coefficient (Wildman–Crippen LogP) is 2.99. The molecule has 0 saturated carbocycles. The molecule has 3 nitrogen and oxygen atoms in total. The predicted molar refractivity (Wildman–Crippen MR) is 68.8 cm³/mol. The number of rotatable bonds is 1. The Morgan fingerprint density at radius 3 is 2.65 bits per heavy atom. The maximum Gasteiger partial charge on any atom is 0.248 e. The number of fused-ring (bicyclic) bond motifs is 2.